The van der Waals surface area contributed by atoms with Gasteiger partial charge in [0.2, 0.25) is 0 Å². The summed E-state index contributed by atoms with van der Waals surface area (Å²) in [6.07, 6.45) is 3.60. The molecule has 2 aromatic heterocycles. The maximum Gasteiger partial charge on any atom is 0.258 e. The molecule has 0 aliphatic carbocycles. The summed E-state index contributed by atoms with van der Waals surface area (Å²) in [5.74, 6) is 0.542. The molecule has 0 saturated heterocycles. The first-order valence-corrected chi connectivity index (χ1v) is 10.4. The lowest BCUT2D eigenvalue weighted by Gasteiger charge is -2.10. The van der Waals surface area contributed by atoms with E-state index >= 15 is 0 Å². The molecule has 144 valence electrons. The van der Waals surface area contributed by atoms with Gasteiger partial charge in [-0.2, -0.15) is 0 Å². The predicted octanol–water partition coefficient (Wildman–Crippen LogP) is 5.79. The van der Waals surface area contributed by atoms with Crippen molar-refractivity contribution in [1.82, 2.24) is 9.97 Å². The van der Waals surface area contributed by atoms with E-state index in [-0.39, 0.29) is 5.91 Å². The number of nitrogens with zero attached hydrogens (tertiary/aromatic N) is 2. The van der Waals surface area contributed by atoms with Gasteiger partial charge in [-0.3, -0.25) is 9.78 Å². The van der Waals surface area contributed by atoms with E-state index in [0.717, 1.165) is 33.3 Å². The van der Waals surface area contributed by atoms with Crippen LogP contribution in [0.3, 0.4) is 0 Å². The largest absolute Gasteiger partial charge is 0.322 e. The van der Waals surface area contributed by atoms with Crippen LogP contribution in [-0.2, 0) is 5.75 Å². The highest BCUT2D eigenvalue weighted by molar-refractivity contribution is 7.98. The molecule has 4 rings (SSSR count). The van der Waals surface area contributed by atoms with Gasteiger partial charge < -0.3 is 5.32 Å². The second-order valence-corrected chi connectivity index (χ2v) is 7.98. The fourth-order valence-corrected chi connectivity index (χ4v) is 4.18. The number of rotatable bonds is 5. The maximum atomic E-state index is 12.9. The Labute approximate surface area is 174 Å². The molecule has 1 amide bonds. The minimum Gasteiger partial charge on any atom is -0.322 e. The smallest absolute Gasteiger partial charge is 0.258 e. The van der Waals surface area contributed by atoms with Crippen LogP contribution in [0.1, 0.15) is 27.0 Å². The highest BCUT2D eigenvalue weighted by atomic mass is 32.2. The molecular weight excluding hydrogens is 378 g/mol. The topological polar surface area (TPSA) is 54.9 Å². The molecule has 0 radical (unpaired) electrons. The Bertz CT molecular complexity index is 1170. The van der Waals surface area contributed by atoms with Gasteiger partial charge in [-0.15, -0.1) is 11.8 Å². The number of fused-ring (bicyclic) bond motifs is 1. The summed E-state index contributed by atoms with van der Waals surface area (Å²) in [4.78, 5) is 21.8. The molecule has 0 bridgehead atoms. The van der Waals surface area contributed by atoms with E-state index in [4.69, 9.17) is 0 Å². The average Bonchev–Trinajstić information content (AvgIpc) is 2.71. The number of thioether (sulfide) groups is 1. The Hall–Kier alpha value is -3.18. The van der Waals surface area contributed by atoms with Crippen LogP contribution in [0.5, 0.6) is 0 Å². The first-order chi connectivity index (χ1) is 14.1. The van der Waals surface area contributed by atoms with Gasteiger partial charge in [-0.25, -0.2) is 4.98 Å². The van der Waals surface area contributed by atoms with Crippen LogP contribution >= 0.6 is 11.8 Å². The van der Waals surface area contributed by atoms with Crippen LogP contribution < -0.4 is 5.32 Å². The first-order valence-electron chi connectivity index (χ1n) is 9.39. The van der Waals surface area contributed by atoms with E-state index in [1.165, 1.54) is 0 Å². The zero-order valence-electron chi connectivity index (χ0n) is 16.3. The number of benzene rings is 2. The zero-order chi connectivity index (χ0) is 20.2. The number of hydrogen-bond donors (Lipinski definition) is 1. The van der Waals surface area contributed by atoms with Crippen molar-refractivity contribution in [3.05, 3.63) is 95.3 Å². The van der Waals surface area contributed by atoms with Crippen LogP contribution in [0.25, 0.3) is 10.9 Å². The minimum atomic E-state index is -0.151. The number of aryl methyl sites for hydroxylation is 2. The summed E-state index contributed by atoms with van der Waals surface area (Å²) in [6, 6.07) is 19.8. The number of pyridine rings is 2. The van der Waals surface area contributed by atoms with Crippen molar-refractivity contribution in [2.24, 2.45) is 0 Å². The molecule has 2 heterocycles. The molecule has 0 atom stereocenters. The second-order valence-electron chi connectivity index (χ2n) is 7.01. The van der Waals surface area contributed by atoms with Gasteiger partial charge in [0.15, 0.2) is 0 Å². The highest BCUT2D eigenvalue weighted by Gasteiger charge is 2.14. The molecule has 4 aromatic rings. The molecular formula is C24H21N3OS. The van der Waals surface area contributed by atoms with Crippen molar-refractivity contribution in [3.8, 4) is 0 Å². The van der Waals surface area contributed by atoms with Crippen molar-refractivity contribution in [2.75, 3.05) is 5.32 Å². The summed E-state index contributed by atoms with van der Waals surface area (Å²) >= 11 is 1.54. The second kappa shape index (κ2) is 8.45. The molecule has 0 aliphatic heterocycles. The van der Waals surface area contributed by atoms with Gasteiger partial charge in [0, 0.05) is 29.2 Å². The number of carbonyl (C=O) groups excluding carboxylic acids is 1. The standard InChI is InChI=1S/C24H21N3OS/c1-16-10-17(2)12-20(11-16)27-23(28)21-7-5-9-25-24(21)29-15-18-13-19-6-3-4-8-22(19)26-14-18/h3-14H,15H2,1-2H3,(H,27,28). The molecule has 0 unspecified atom stereocenters. The van der Waals surface area contributed by atoms with E-state index in [0.29, 0.717) is 16.3 Å². The van der Waals surface area contributed by atoms with Gasteiger partial charge in [-0.05, 0) is 66.9 Å². The van der Waals surface area contributed by atoms with E-state index in [1.54, 1.807) is 24.0 Å². The number of carbonyl (C=O) groups is 1. The predicted molar refractivity (Wildman–Crippen MR) is 119 cm³/mol. The van der Waals surface area contributed by atoms with E-state index < -0.39 is 0 Å². The maximum absolute atomic E-state index is 12.9. The van der Waals surface area contributed by atoms with Crippen LogP contribution in [0.4, 0.5) is 5.69 Å². The molecule has 2 aromatic carbocycles. The quantitative estimate of drug-likeness (QED) is 0.432. The monoisotopic (exact) mass is 399 g/mol. The molecule has 5 heteroatoms. The van der Waals surface area contributed by atoms with Crippen molar-refractivity contribution in [2.45, 2.75) is 24.6 Å². The summed E-state index contributed by atoms with van der Waals surface area (Å²) in [5, 5.41) is 4.82. The average molecular weight is 400 g/mol. The third kappa shape index (κ3) is 4.63. The normalized spacial score (nSPS) is 10.8. The summed E-state index contributed by atoms with van der Waals surface area (Å²) < 4.78 is 0. The van der Waals surface area contributed by atoms with Crippen LogP contribution in [-0.4, -0.2) is 15.9 Å². The summed E-state index contributed by atoms with van der Waals surface area (Å²) in [5.41, 5.74) is 5.68. The van der Waals surface area contributed by atoms with Gasteiger partial charge in [0.05, 0.1) is 11.1 Å². The molecule has 29 heavy (non-hydrogen) atoms. The third-order valence-corrected chi connectivity index (χ3v) is 5.59. The van der Waals surface area contributed by atoms with Crippen LogP contribution in [0.2, 0.25) is 0 Å². The number of amides is 1. The number of hydrogen-bond acceptors (Lipinski definition) is 4. The van der Waals surface area contributed by atoms with Gasteiger partial charge in [-0.1, -0.05) is 24.3 Å². The number of aromatic nitrogens is 2. The van der Waals surface area contributed by atoms with Crippen molar-refractivity contribution >= 4 is 34.3 Å². The summed E-state index contributed by atoms with van der Waals surface area (Å²) in [7, 11) is 0. The van der Waals surface area contributed by atoms with E-state index in [1.807, 2.05) is 56.4 Å². The number of anilines is 1. The third-order valence-electron chi connectivity index (χ3n) is 4.52. The van der Waals surface area contributed by atoms with Gasteiger partial charge >= 0.3 is 0 Å². The Balaban J connectivity index is 1.52. The van der Waals surface area contributed by atoms with Gasteiger partial charge in [0.1, 0.15) is 5.03 Å². The van der Waals surface area contributed by atoms with E-state index in [2.05, 4.69) is 33.5 Å². The number of para-hydroxylation sites is 1. The number of nitrogens with one attached hydrogen (secondary N) is 1. The van der Waals surface area contributed by atoms with Crippen LogP contribution in [0, 0.1) is 13.8 Å². The van der Waals surface area contributed by atoms with Gasteiger partial charge in [0.25, 0.3) is 5.91 Å². The molecule has 0 fully saturated rings. The molecule has 0 spiro atoms. The Kier molecular flexibility index (Phi) is 5.58. The van der Waals surface area contributed by atoms with Crippen LogP contribution in [0.15, 0.2) is 78.1 Å². The fourth-order valence-electron chi connectivity index (χ4n) is 3.27. The Morgan fingerprint density at radius 2 is 1.76 bits per heavy atom. The van der Waals surface area contributed by atoms with Crippen molar-refractivity contribution < 1.29 is 4.79 Å². The Morgan fingerprint density at radius 1 is 0.966 bits per heavy atom. The fraction of sp³-hybridized carbons (Fsp3) is 0.125. The molecule has 0 aliphatic rings. The molecule has 4 nitrogen and oxygen atoms in total. The lowest BCUT2D eigenvalue weighted by atomic mass is 10.1. The zero-order valence-corrected chi connectivity index (χ0v) is 17.2. The first kappa shape index (κ1) is 19.2. The van der Waals surface area contributed by atoms with Crippen molar-refractivity contribution in [3.63, 3.8) is 0 Å². The SMILES string of the molecule is Cc1cc(C)cc(NC(=O)c2cccnc2SCc2cnc3ccccc3c2)c1. The lowest BCUT2D eigenvalue weighted by molar-refractivity contribution is 0.102. The Morgan fingerprint density at radius 3 is 2.59 bits per heavy atom. The van der Waals surface area contributed by atoms with Crippen molar-refractivity contribution in [1.29, 1.82) is 0 Å². The van der Waals surface area contributed by atoms with E-state index in [9.17, 15) is 4.79 Å². The minimum absolute atomic E-state index is 0.151. The lowest BCUT2D eigenvalue weighted by Crippen LogP contribution is -2.14. The highest BCUT2D eigenvalue weighted by Crippen LogP contribution is 2.26. The molecule has 0 saturated carbocycles. The molecule has 1 N–H and O–H groups in total. The summed E-state index contributed by atoms with van der Waals surface area (Å²) in [6.45, 7) is 4.04.